The molecule has 0 radical (unpaired) electrons. The maximum absolute atomic E-state index is 12.1. The van der Waals surface area contributed by atoms with Gasteiger partial charge in [-0.2, -0.15) is 0 Å². The van der Waals surface area contributed by atoms with Crippen molar-refractivity contribution in [2.45, 2.75) is 63.6 Å². The van der Waals surface area contributed by atoms with Crippen molar-refractivity contribution in [1.82, 2.24) is 4.90 Å². The number of carboxylic acid groups (broad SMARTS) is 1. The molecule has 1 aliphatic carbocycles. The molecule has 2 rings (SSSR count). The highest BCUT2D eigenvalue weighted by Crippen LogP contribution is 2.52. The van der Waals surface area contributed by atoms with Crippen LogP contribution in [-0.2, 0) is 9.53 Å². The summed E-state index contributed by atoms with van der Waals surface area (Å²) in [5.41, 5.74) is -0.801. The zero-order chi connectivity index (χ0) is 12.8. The molecule has 1 heterocycles. The van der Waals surface area contributed by atoms with Gasteiger partial charge in [-0.25, -0.2) is 9.59 Å². The number of amides is 1. The van der Waals surface area contributed by atoms with Crippen molar-refractivity contribution in [3.05, 3.63) is 0 Å². The average Bonchev–Trinajstić information content (AvgIpc) is 2.74. The van der Waals surface area contributed by atoms with E-state index in [-0.39, 0.29) is 5.54 Å². The molecule has 5 nitrogen and oxygen atoms in total. The number of hydrogen-bond donors (Lipinski definition) is 1. The molecule has 1 atom stereocenters. The van der Waals surface area contributed by atoms with Gasteiger partial charge in [-0.1, -0.05) is 0 Å². The van der Waals surface area contributed by atoms with Crippen molar-refractivity contribution < 1.29 is 19.4 Å². The van der Waals surface area contributed by atoms with E-state index in [9.17, 15) is 9.59 Å². The van der Waals surface area contributed by atoms with Crippen molar-refractivity contribution in [3.63, 3.8) is 0 Å². The van der Waals surface area contributed by atoms with Crippen molar-refractivity contribution in [3.8, 4) is 0 Å². The molecule has 1 saturated carbocycles. The normalized spacial score (nSPS) is 26.1. The van der Waals surface area contributed by atoms with Gasteiger partial charge in [0.25, 0.3) is 0 Å². The van der Waals surface area contributed by atoms with Crippen molar-refractivity contribution in [2.24, 2.45) is 0 Å². The van der Waals surface area contributed by atoms with Crippen molar-refractivity contribution in [2.75, 3.05) is 0 Å². The number of aliphatic carboxylic acids is 1. The maximum Gasteiger partial charge on any atom is 0.411 e. The predicted molar refractivity (Wildman–Crippen MR) is 60.7 cm³/mol. The minimum Gasteiger partial charge on any atom is -0.480 e. The van der Waals surface area contributed by atoms with E-state index in [0.717, 1.165) is 19.3 Å². The largest absolute Gasteiger partial charge is 0.480 e. The molecule has 2 aliphatic rings. The lowest BCUT2D eigenvalue weighted by Crippen LogP contribution is -2.48. The zero-order valence-corrected chi connectivity index (χ0v) is 10.5. The van der Waals surface area contributed by atoms with Crippen LogP contribution >= 0.6 is 0 Å². The summed E-state index contributed by atoms with van der Waals surface area (Å²) >= 11 is 0. The monoisotopic (exact) mass is 241 g/mol. The van der Waals surface area contributed by atoms with E-state index in [1.165, 1.54) is 4.90 Å². The van der Waals surface area contributed by atoms with Crippen LogP contribution in [0.4, 0.5) is 4.79 Å². The van der Waals surface area contributed by atoms with Gasteiger partial charge >= 0.3 is 12.1 Å². The molecule has 17 heavy (non-hydrogen) atoms. The van der Waals surface area contributed by atoms with E-state index >= 15 is 0 Å². The van der Waals surface area contributed by atoms with Gasteiger partial charge in [0.1, 0.15) is 11.6 Å². The Balaban J connectivity index is 2.15. The number of rotatable bonds is 1. The van der Waals surface area contributed by atoms with Gasteiger partial charge < -0.3 is 9.84 Å². The first-order chi connectivity index (χ1) is 7.75. The molecule has 1 N–H and O–H groups in total. The molecule has 0 aromatic carbocycles. The third-order valence-electron chi connectivity index (χ3n) is 3.41. The maximum atomic E-state index is 12.1. The minimum atomic E-state index is -0.931. The molecule has 2 fully saturated rings. The first kappa shape index (κ1) is 12.2. The number of carbonyl (C=O) groups is 2. The third kappa shape index (κ3) is 2.23. The molecule has 5 heteroatoms. The Morgan fingerprint density at radius 2 is 1.88 bits per heavy atom. The van der Waals surface area contributed by atoms with Crippen LogP contribution in [0.25, 0.3) is 0 Å². The van der Waals surface area contributed by atoms with E-state index in [0.29, 0.717) is 6.42 Å². The summed E-state index contributed by atoms with van der Waals surface area (Å²) in [5.74, 6) is -0.931. The number of ether oxygens (including phenoxy) is 1. The molecule has 0 aromatic rings. The Morgan fingerprint density at radius 1 is 1.29 bits per heavy atom. The topological polar surface area (TPSA) is 66.8 Å². The van der Waals surface area contributed by atoms with Gasteiger partial charge in [0.15, 0.2) is 0 Å². The fourth-order valence-corrected chi connectivity index (χ4v) is 2.49. The molecule has 0 aromatic heterocycles. The number of carbonyl (C=O) groups excluding carboxylic acids is 1. The van der Waals surface area contributed by atoms with Crippen LogP contribution in [-0.4, -0.2) is 39.3 Å². The van der Waals surface area contributed by atoms with E-state index in [2.05, 4.69) is 0 Å². The molecular weight excluding hydrogens is 222 g/mol. The Morgan fingerprint density at radius 3 is 2.29 bits per heavy atom. The fraction of sp³-hybridized carbons (Fsp3) is 0.833. The Kier molecular flexibility index (Phi) is 2.60. The summed E-state index contributed by atoms with van der Waals surface area (Å²) in [5, 5.41) is 9.14. The second-order valence-corrected chi connectivity index (χ2v) is 5.97. The minimum absolute atomic E-state index is 0.217. The summed E-state index contributed by atoms with van der Waals surface area (Å²) in [6.07, 6.45) is 2.63. The van der Waals surface area contributed by atoms with Crippen LogP contribution < -0.4 is 0 Å². The van der Waals surface area contributed by atoms with E-state index in [1.807, 2.05) is 0 Å². The number of likely N-dealkylation sites (tertiary alicyclic amines) is 1. The van der Waals surface area contributed by atoms with Crippen LogP contribution in [0.3, 0.4) is 0 Å². The van der Waals surface area contributed by atoms with Gasteiger partial charge in [-0.15, -0.1) is 0 Å². The number of nitrogens with zero attached hydrogens (tertiary/aromatic N) is 1. The molecule has 1 amide bonds. The lowest BCUT2D eigenvalue weighted by molar-refractivity contribution is -0.142. The summed E-state index contributed by atoms with van der Waals surface area (Å²) in [7, 11) is 0. The van der Waals surface area contributed by atoms with Crippen LogP contribution in [0.2, 0.25) is 0 Å². The smallest absolute Gasteiger partial charge is 0.411 e. The second kappa shape index (κ2) is 3.62. The van der Waals surface area contributed by atoms with Crippen LogP contribution in [0.5, 0.6) is 0 Å². The fourth-order valence-electron chi connectivity index (χ4n) is 2.49. The number of carboxylic acids is 1. The summed E-state index contributed by atoms with van der Waals surface area (Å²) in [4.78, 5) is 24.7. The highest BCUT2D eigenvalue weighted by molar-refractivity contribution is 5.82. The molecule has 1 unspecified atom stereocenters. The highest BCUT2D eigenvalue weighted by Gasteiger charge is 2.59. The van der Waals surface area contributed by atoms with Gasteiger partial charge in [-0.3, -0.25) is 4.90 Å². The van der Waals surface area contributed by atoms with Gasteiger partial charge in [-0.05, 0) is 46.5 Å². The number of hydrogen-bond acceptors (Lipinski definition) is 3. The van der Waals surface area contributed by atoms with E-state index < -0.39 is 23.7 Å². The van der Waals surface area contributed by atoms with Gasteiger partial charge in [0.2, 0.25) is 0 Å². The highest BCUT2D eigenvalue weighted by atomic mass is 16.6. The molecule has 96 valence electrons. The lowest BCUT2D eigenvalue weighted by Gasteiger charge is -2.31. The van der Waals surface area contributed by atoms with Gasteiger partial charge in [0.05, 0.1) is 0 Å². The van der Waals surface area contributed by atoms with Crippen LogP contribution in [0.15, 0.2) is 0 Å². The summed E-state index contributed by atoms with van der Waals surface area (Å²) in [6, 6.07) is -0.715. The van der Waals surface area contributed by atoms with Crippen molar-refractivity contribution in [1.29, 1.82) is 0 Å². The van der Waals surface area contributed by atoms with E-state index in [4.69, 9.17) is 9.84 Å². The SMILES string of the molecule is CC(C)(C)OC(=O)N1C(C(=O)O)CCC12CC2. The first-order valence-electron chi connectivity index (χ1n) is 6.00. The predicted octanol–water partition coefficient (Wildman–Crippen LogP) is 2.00. The molecule has 1 aliphatic heterocycles. The van der Waals surface area contributed by atoms with Crippen LogP contribution in [0.1, 0.15) is 46.5 Å². The third-order valence-corrected chi connectivity index (χ3v) is 3.41. The quantitative estimate of drug-likeness (QED) is 0.762. The Labute approximate surface area is 101 Å². The molecule has 1 saturated heterocycles. The first-order valence-corrected chi connectivity index (χ1v) is 6.00. The van der Waals surface area contributed by atoms with Crippen LogP contribution in [0, 0.1) is 0 Å². The molecule has 1 spiro atoms. The standard InChI is InChI=1S/C12H19NO4/c1-11(2,3)17-10(16)13-8(9(14)15)4-5-12(13)6-7-12/h8H,4-7H2,1-3H3,(H,14,15). The Bertz CT molecular complexity index is 354. The molecule has 0 bridgehead atoms. The Hall–Kier alpha value is -1.26. The van der Waals surface area contributed by atoms with E-state index in [1.54, 1.807) is 20.8 Å². The average molecular weight is 241 g/mol. The van der Waals surface area contributed by atoms with Crippen molar-refractivity contribution >= 4 is 12.1 Å². The second-order valence-electron chi connectivity index (χ2n) is 5.97. The zero-order valence-electron chi connectivity index (χ0n) is 10.5. The summed E-state index contributed by atoms with van der Waals surface area (Å²) in [6.45, 7) is 5.36. The lowest BCUT2D eigenvalue weighted by atomic mass is 10.2. The van der Waals surface area contributed by atoms with Gasteiger partial charge in [0, 0.05) is 5.54 Å². The summed E-state index contributed by atoms with van der Waals surface area (Å²) < 4.78 is 5.30. The molecular formula is C12H19NO4.